The summed E-state index contributed by atoms with van der Waals surface area (Å²) in [5, 5.41) is 15.8. The van der Waals surface area contributed by atoms with Crippen LogP contribution in [0.2, 0.25) is 0 Å². The van der Waals surface area contributed by atoms with Crippen molar-refractivity contribution in [1.29, 1.82) is 0 Å². The first-order valence-electron chi connectivity index (χ1n) is 7.82. The SMILES string of the molecule is NCCN(CCCC(=O)O)C(=O)C1=CC=CC=CC=C1.O=C(O)C(F)(F)F. The summed E-state index contributed by atoms with van der Waals surface area (Å²) >= 11 is 0. The van der Waals surface area contributed by atoms with Crippen molar-refractivity contribution >= 4 is 17.8 Å². The third-order valence-electron chi connectivity index (χ3n) is 2.99. The minimum Gasteiger partial charge on any atom is -0.481 e. The molecule has 0 radical (unpaired) electrons. The molecule has 1 aliphatic rings. The summed E-state index contributed by atoms with van der Waals surface area (Å²) in [6.07, 6.45) is 8.02. The van der Waals surface area contributed by atoms with Crippen molar-refractivity contribution in [1.82, 2.24) is 4.90 Å². The molecule has 0 aromatic carbocycles. The number of allylic oxidation sites excluding steroid dienone is 6. The normalized spacial score (nSPS) is 13.0. The fourth-order valence-electron chi connectivity index (χ4n) is 1.78. The van der Waals surface area contributed by atoms with E-state index in [1.807, 2.05) is 18.2 Å². The molecule has 0 aromatic rings. The fourth-order valence-corrected chi connectivity index (χ4v) is 1.78. The van der Waals surface area contributed by atoms with E-state index >= 15 is 0 Å². The summed E-state index contributed by atoms with van der Waals surface area (Å²) in [6.45, 7) is 1.17. The van der Waals surface area contributed by atoms with Crippen LogP contribution in [0.15, 0.2) is 48.1 Å². The number of rotatable bonds is 7. The average molecular weight is 390 g/mol. The smallest absolute Gasteiger partial charge is 0.481 e. The summed E-state index contributed by atoms with van der Waals surface area (Å²) in [6, 6.07) is 0. The van der Waals surface area contributed by atoms with Crippen molar-refractivity contribution in [2.75, 3.05) is 19.6 Å². The zero-order valence-corrected chi connectivity index (χ0v) is 14.4. The van der Waals surface area contributed by atoms with Gasteiger partial charge in [0, 0.05) is 31.6 Å². The molecule has 0 bridgehead atoms. The molecular formula is C17H21F3N2O5. The molecular weight excluding hydrogens is 369 g/mol. The topological polar surface area (TPSA) is 121 Å². The van der Waals surface area contributed by atoms with Crippen molar-refractivity contribution in [3.05, 3.63) is 48.1 Å². The van der Waals surface area contributed by atoms with Gasteiger partial charge < -0.3 is 20.8 Å². The van der Waals surface area contributed by atoms with Crippen molar-refractivity contribution in [3.8, 4) is 0 Å². The second-order valence-electron chi connectivity index (χ2n) is 5.13. The average Bonchev–Trinajstić information content (AvgIpc) is 2.52. The molecule has 1 aliphatic carbocycles. The number of hydrogen-bond acceptors (Lipinski definition) is 4. The van der Waals surface area contributed by atoms with Crippen LogP contribution in [0.1, 0.15) is 12.8 Å². The molecule has 10 heteroatoms. The van der Waals surface area contributed by atoms with Crippen LogP contribution in [0.25, 0.3) is 0 Å². The van der Waals surface area contributed by atoms with Gasteiger partial charge in [-0.1, -0.05) is 30.4 Å². The van der Waals surface area contributed by atoms with Crippen LogP contribution in [-0.2, 0) is 14.4 Å². The van der Waals surface area contributed by atoms with Crippen molar-refractivity contribution in [3.63, 3.8) is 0 Å². The number of carboxylic acids is 2. The summed E-state index contributed by atoms with van der Waals surface area (Å²) in [7, 11) is 0. The van der Waals surface area contributed by atoms with E-state index in [9.17, 15) is 22.8 Å². The number of amides is 1. The molecule has 27 heavy (non-hydrogen) atoms. The molecule has 150 valence electrons. The zero-order chi connectivity index (χ0) is 20.9. The maximum absolute atomic E-state index is 12.4. The Hall–Kier alpha value is -2.88. The number of nitrogens with zero attached hydrogens (tertiary/aromatic N) is 1. The first-order chi connectivity index (χ1) is 12.6. The summed E-state index contributed by atoms with van der Waals surface area (Å²) in [4.78, 5) is 33.4. The number of alkyl halides is 3. The standard InChI is InChI=1S/C15H20N2O3.C2HF3O2/c16-10-12-17(11-6-9-14(18)19)15(20)13-7-4-2-1-3-5-8-13;3-2(4,5)1(6)7/h1-5,7-8H,6,9-12,16H2,(H,18,19);(H,6,7). The highest BCUT2D eigenvalue weighted by Crippen LogP contribution is 2.13. The lowest BCUT2D eigenvalue weighted by atomic mass is 10.1. The second-order valence-corrected chi connectivity index (χ2v) is 5.13. The number of halogens is 3. The third kappa shape index (κ3) is 11.4. The minimum absolute atomic E-state index is 0.0475. The van der Waals surface area contributed by atoms with E-state index in [1.54, 1.807) is 29.2 Å². The Labute approximate surface area is 153 Å². The van der Waals surface area contributed by atoms with Crippen LogP contribution in [0.4, 0.5) is 13.2 Å². The van der Waals surface area contributed by atoms with Crippen LogP contribution in [0, 0.1) is 0 Å². The van der Waals surface area contributed by atoms with Gasteiger partial charge in [-0.15, -0.1) is 0 Å². The van der Waals surface area contributed by atoms with Crippen molar-refractivity contribution < 1.29 is 37.8 Å². The van der Waals surface area contributed by atoms with Gasteiger partial charge in [0.15, 0.2) is 0 Å². The lowest BCUT2D eigenvalue weighted by Gasteiger charge is -2.22. The van der Waals surface area contributed by atoms with Gasteiger partial charge in [0.1, 0.15) is 0 Å². The molecule has 0 heterocycles. The van der Waals surface area contributed by atoms with E-state index in [-0.39, 0.29) is 12.3 Å². The predicted octanol–water partition coefficient (Wildman–Crippen LogP) is 1.88. The van der Waals surface area contributed by atoms with E-state index in [0.29, 0.717) is 31.6 Å². The van der Waals surface area contributed by atoms with E-state index in [2.05, 4.69) is 0 Å². The zero-order valence-electron chi connectivity index (χ0n) is 14.4. The van der Waals surface area contributed by atoms with Gasteiger partial charge in [0.25, 0.3) is 5.91 Å². The molecule has 0 atom stereocenters. The van der Waals surface area contributed by atoms with Crippen LogP contribution in [0.5, 0.6) is 0 Å². The predicted molar refractivity (Wildman–Crippen MR) is 91.7 cm³/mol. The van der Waals surface area contributed by atoms with E-state index in [4.69, 9.17) is 20.7 Å². The highest BCUT2D eigenvalue weighted by molar-refractivity contribution is 5.96. The number of hydrogen-bond donors (Lipinski definition) is 3. The van der Waals surface area contributed by atoms with Gasteiger partial charge in [-0.05, 0) is 18.6 Å². The van der Waals surface area contributed by atoms with Gasteiger partial charge >= 0.3 is 18.1 Å². The lowest BCUT2D eigenvalue weighted by Crippen LogP contribution is -2.37. The number of nitrogens with two attached hydrogens (primary N) is 1. The van der Waals surface area contributed by atoms with E-state index in [0.717, 1.165) is 0 Å². The molecule has 1 rings (SSSR count). The Kier molecular flexibility index (Phi) is 11.1. The molecule has 0 aliphatic heterocycles. The van der Waals surface area contributed by atoms with Crippen molar-refractivity contribution in [2.45, 2.75) is 19.0 Å². The van der Waals surface area contributed by atoms with Crippen LogP contribution in [0.3, 0.4) is 0 Å². The second kappa shape index (κ2) is 12.5. The highest BCUT2D eigenvalue weighted by Gasteiger charge is 2.38. The number of carbonyl (C=O) groups is 3. The fraction of sp³-hybridized carbons (Fsp3) is 0.353. The molecule has 1 amide bonds. The third-order valence-corrected chi connectivity index (χ3v) is 2.99. The Bertz CT molecular complexity index is 637. The number of aliphatic carboxylic acids is 2. The number of carboxylic acid groups (broad SMARTS) is 2. The van der Waals surface area contributed by atoms with Crippen LogP contribution >= 0.6 is 0 Å². The Morgan fingerprint density at radius 2 is 1.56 bits per heavy atom. The Morgan fingerprint density at radius 3 is 2.07 bits per heavy atom. The molecule has 0 fully saturated rings. The molecule has 0 aromatic heterocycles. The summed E-state index contributed by atoms with van der Waals surface area (Å²) in [5.74, 6) is -3.74. The summed E-state index contributed by atoms with van der Waals surface area (Å²) < 4.78 is 31.7. The van der Waals surface area contributed by atoms with E-state index in [1.165, 1.54) is 0 Å². The quantitative estimate of drug-likeness (QED) is 0.610. The van der Waals surface area contributed by atoms with Crippen LogP contribution < -0.4 is 5.73 Å². The van der Waals surface area contributed by atoms with Gasteiger partial charge in [-0.2, -0.15) is 13.2 Å². The number of carbonyl (C=O) groups excluding carboxylic acids is 1. The highest BCUT2D eigenvalue weighted by atomic mass is 19.4. The van der Waals surface area contributed by atoms with Gasteiger partial charge in [-0.3, -0.25) is 9.59 Å². The molecule has 7 nitrogen and oxygen atoms in total. The first kappa shape index (κ1) is 24.1. The maximum atomic E-state index is 12.4. The van der Waals surface area contributed by atoms with Gasteiger partial charge in [-0.25, -0.2) is 4.79 Å². The molecule has 0 saturated heterocycles. The lowest BCUT2D eigenvalue weighted by molar-refractivity contribution is -0.192. The summed E-state index contributed by atoms with van der Waals surface area (Å²) in [5.41, 5.74) is 6.08. The van der Waals surface area contributed by atoms with Crippen molar-refractivity contribution in [2.24, 2.45) is 5.73 Å². The molecule has 4 N–H and O–H groups in total. The van der Waals surface area contributed by atoms with Gasteiger partial charge in [0.2, 0.25) is 0 Å². The molecule has 0 spiro atoms. The van der Waals surface area contributed by atoms with Crippen LogP contribution in [-0.4, -0.2) is 58.8 Å². The van der Waals surface area contributed by atoms with E-state index < -0.39 is 18.1 Å². The Balaban J connectivity index is 0.000000821. The Morgan fingerprint density at radius 1 is 1.00 bits per heavy atom. The van der Waals surface area contributed by atoms with Gasteiger partial charge in [0.05, 0.1) is 0 Å². The maximum Gasteiger partial charge on any atom is 0.490 e. The minimum atomic E-state index is -5.08. The molecule has 0 saturated carbocycles. The monoisotopic (exact) mass is 390 g/mol. The largest absolute Gasteiger partial charge is 0.490 e. The molecule has 0 unspecified atom stereocenters. The first-order valence-corrected chi connectivity index (χ1v) is 7.82.